The molecule has 2 heterocycles. The molecule has 1 aromatic heterocycles. The van der Waals surface area contributed by atoms with Gasteiger partial charge in [-0.25, -0.2) is 8.42 Å². The van der Waals surface area contributed by atoms with Gasteiger partial charge in [0.05, 0.1) is 18.2 Å². The second-order valence-corrected chi connectivity index (χ2v) is 10.5. The zero-order chi connectivity index (χ0) is 22.9. The Morgan fingerprint density at radius 2 is 1.69 bits per heavy atom. The van der Waals surface area contributed by atoms with Gasteiger partial charge in [0.1, 0.15) is 0 Å². The predicted molar refractivity (Wildman–Crippen MR) is 127 cm³/mol. The van der Waals surface area contributed by atoms with Gasteiger partial charge in [-0.15, -0.1) is 11.3 Å². The van der Waals surface area contributed by atoms with Crippen LogP contribution in [0.5, 0.6) is 0 Å². The number of rotatable bonds is 6. The minimum absolute atomic E-state index is 0.0971. The van der Waals surface area contributed by atoms with E-state index in [1.54, 1.807) is 29.2 Å². The third kappa shape index (κ3) is 4.84. The van der Waals surface area contributed by atoms with Gasteiger partial charge in [-0.05, 0) is 54.8 Å². The number of hydrogen-bond acceptors (Lipinski definition) is 5. The lowest BCUT2D eigenvalue weighted by molar-refractivity contribution is -0.122. The first-order valence-corrected chi connectivity index (χ1v) is 12.8. The van der Waals surface area contributed by atoms with Crippen LogP contribution in [0.1, 0.15) is 22.9 Å². The van der Waals surface area contributed by atoms with Crippen LogP contribution >= 0.6 is 11.3 Å². The van der Waals surface area contributed by atoms with Crippen molar-refractivity contribution >= 4 is 50.2 Å². The van der Waals surface area contributed by atoms with Crippen molar-refractivity contribution in [1.82, 2.24) is 0 Å². The highest BCUT2D eigenvalue weighted by Gasteiger charge is 2.45. The number of nitrogens with one attached hydrogen (secondary N) is 2. The molecule has 1 saturated heterocycles. The maximum Gasteiger partial charge on any atom is 0.230 e. The maximum absolute atomic E-state index is 13.2. The number of amides is 2. The molecule has 0 spiro atoms. The summed E-state index contributed by atoms with van der Waals surface area (Å²) in [5.74, 6) is -0.911. The molecule has 7 nitrogen and oxygen atoms in total. The van der Waals surface area contributed by atoms with Crippen LogP contribution in [0.4, 0.5) is 17.1 Å². The minimum Gasteiger partial charge on any atom is -0.326 e. The van der Waals surface area contributed by atoms with Crippen LogP contribution in [0, 0.1) is 12.8 Å². The van der Waals surface area contributed by atoms with Gasteiger partial charge in [0.25, 0.3) is 0 Å². The number of carbonyl (C=O) groups is 2. The molecule has 0 saturated carbocycles. The fourth-order valence-electron chi connectivity index (χ4n) is 3.83. The van der Waals surface area contributed by atoms with Crippen LogP contribution in [-0.4, -0.2) is 26.5 Å². The van der Waals surface area contributed by atoms with Gasteiger partial charge in [-0.2, -0.15) is 0 Å². The summed E-state index contributed by atoms with van der Waals surface area (Å²) in [7, 11) is -3.38. The van der Waals surface area contributed by atoms with E-state index in [4.69, 9.17) is 0 Å². The number of hydrogen-bond donors (Lipinski definition) is 2. The number of benzene rings is 2. The van der Waals surface area contributed by atoms with E-state index in [1.807, 2.05) is 48.7 Å². The monoisotopic (exact) mass is 469 g/mol. The molecule has 9 heteroatoms. The Morgan fingerprint density at radius 3 is 2.28 bits per heavy atom. The third-order valence-corrected chi connectivity index (χ3v) is 6.81. The fourth-order valence-corrected chi connectivity index (χ4v) is 5.28. The normalized spacial score (nSPS) is 18.6. The summed E-state index contributed by atoms with van der Waals surface area (Å²) in [5.41, 5.74) is 2.80. The lowest BCUT2D eigenvalue weighted by Gasteiger charge is -2.27. The van der Waals surface area contributed by atoms with Crippen LogP contribution in [0.3, 0.4) is 0 Å². The molecule has 3 aromatic rings. The molecular weight excluding hydrogens is 446 g/mol. The Labute approximate surface area is 191 Å². The molecular formula is C23H23N3O4S2. The highest BCUT2D eigenvalue weighted by molar-refractivity contribution is 7.92. The van der Waals surface area contributed by atoms with Gasteiger partial charge in [0.2, 0.25) is 21.8 Å². The average Bonchev–Trinajstić information content (AvgIpc) is 3.37. The van der Waals surface area contributed by atoms with Crippen LogP contribution in [0.2, 0.25) is 0 Å². The standard InChI is InChI=1S/C23H23N3O4S2/c1-15-5-11-18(12-6-15)26-21(27)14-19(22(26)20-4-3-13-31-20)23(28)24-16-7-9-17(10-8-16)25-32(2,29)30/h3-13,19,22,25H,14H2,1-2H3,(H,24,28). The molecule has 4 rings (SSSR count). The number of carbonyl (C=O) groups excluding carboxylic acids is 2. The van der Waals surface area contributed by atoms with Gasteiger partial charge in [0, 0.05) is 28.4 Å². The Hall–Kier alpha value is -3.17. The zero-order valence-electron chi connectivity index (χ0n) is 17.6. The van der Waals surface area contributed by atoms with Crippen molar-refractivity contribution in [2.75, 3.05) is 21.2 Å². The van der Waals surface area contributed by atoms with Crippen molar-refractivity contribution in [3.05, 3.63) is 76.5 Å². The molecule has 0 bridgehead atoms. The van der Waals surface area contributed by atoms with Crippen LogP contribution < -0.4 is 14.9 Å². The first kappa shape index (κ1) is 22.0. The summed E-state index contributed by atoms with van der Waals surface area (Å²) in [6, 6.07) is 17.6. The molecule has 2 atom stereocenters. The third-order valence-electron chi connectivity index (χ3n) is 5.26. The number of thiophene rings is 1. The van der Waals surface area contributed by atoms with Crippen molar-refractivity contribution < 1.29 is 18.0 Å². The highest BCUT2D eigenvalue weighted by atomic mass is 32.2. The molecule has 2 aromatic carbocycles. The van der Waals surface area contributed by atoms with Gasteiger partial charge in [-0.1, -0.05) is 23.8 Å². The zero-order valence-corrected chi connectivity index (χ0v) is 19.2. The molecule has 32 heavy (non-hydrogen) atoms. The van der Waals surface area contributed by atoms with E-state index in [1.165, 1.54) is 11.3 Å². The van der Waals surface area contributed by atoms with Crippen molar-refractivity contribution in [1.29, 1.82) is 0 Å². The van der Waals surface area contributed by atoms with E-state index >= 15 is 0 Å². The van der Waals surface area contributed by atoms with Crippen molar-refractivity contribution in [3.63, 3.8) is 0 Å². The predicted octanol–water partition coefficient (Wildman–Crippen LogP) is 4.16. The minimum atomic E-state index is -3.38. The number of sulfonamides is 1. The Morgan fingerprint density at radius 1 is 1.03 bits per heavy atom. The van der Waals surface area contributed by atoms with Gasteiger partial charge in [0.15, 0.2) is 0 Å². The van der Waals surface area contributed by atoms with Crippen LogP contribution in [0.15, 0.2) is 66.0 Å². The maximum atomic E-state index is 13.2. The molecule has 166 valence electrons. The molecule has 0 aliphatic carbocycles. The number of nitrogens with zero attached hydrogens (tertiary/aromatic N) is 1. The topological polar surface area (TPSA) is 95.6 Å². The number of aryl methyl sites for hydroxylation is 1. The highest BCUT2D eigenvalue weighted by Crippen LogP contribution is 2.43. The number of anilines is 3. The molecule has 2 N–H and O–H groups in total. The van der Waals surface area contributed by atoms with Crippen LogP contribution in [-0.2, 0) is 19.6 Å². The first-order valence-electron chi connectivity index (χ1n) is 10.0. The smallest absolute Gasteiger partial charge is 0.230 e. The summed E-state index contributed by atoms with van der Waals surface area (Å²) in [4.78, 5) is 28.9. The summed E-state index contributed by atoms with van der Waals surface area (Å²) >= 11 is 1.52. The molecule has 2 unspecified atom stereocenters. The first-order chi connectivity index (χ1) is 15.2. The Balaban J connectivity index is 1.58. The van der Waals surface area contributed by atoms with Crippen molar-refractivity contribution in [2.24, 2.45) is 5.92 Å². The quantitative estimate of drug-likeness (QED) is 0.567. The Bertz CT molecular complexity index is 1220. The molecule has 1 fully saturated rings. The summed E-state index contributed by atoms with van der Waals surface area (Å²) in [6.07, 6.45) is 1.18. The lowest BCUT2D eigenvalue weighted by Crippen LogP contribution is -2.32. The van der Waals surface area contributed by atoms with E-state index in [9.17, 15) is 18.0 Å². The summed E-state index contributed by atoms with van der Waals surface area (Å²) < 4.78 is 25.1. The SMILES string of the molecule is Cc1ccc(N2C(=O)CC(C(=O)Nc3ccc(NS(C)(=O)=O)cc3)C2c2cccs2)cc1. The Kier molecular flexibility index (Phi) is 6.03. The second kappa shape index (κ2) is 8.76. The van der Waals surface area contributed by atoms with E-state index in [2.05, 4.69) is 10.0 Å². The largest absolute Gasteiger partial charge is 0.326 e. The summed E-state index contributed by atoms with van der Waals surface area (Å²) in [5, 5.41) is 4.82. The van der Waals surface area contributed by atoms with Gasteiger partial charge < -0.3 is 10.2 Å². The van der Waals surface area contributed by atoms with E-state index < -0.39 is 22.0 Å². The van der Waals surface area contributed by atoms with Gasteiger partial charge >= 0.3 is 0 Å². The molecule has 1 aliphatic heterocycles. The fraction of sp³-hybridized carbons (Fsp3) is 0.217. The second-order valence-electron chi connectivity index (χ2n) is 7.81. The van der Waals surface area contributed by atoms with E-state index in [-0.39, 0.29) is 18.2 Å². The van der Waals surface area contributed by atoms with Crippen molar-refractivity contribution in [2.45, 2.75) is 19.4 Å². The van der Waals surface area contributed by atoms with Gasteiger partial charge in [-0.3, -0.25) is 14.3 Å². The molecule has 0 radical (unpaired) electrons. The molecule has 2 amide bonds. The van der Waals surface area contributed by atoms with Crippen LogP contribution in [0.25, 0.3) is 0 Å². The van der Waals surface area contributed by atoms with E-state index in [0.29, 0.717) is 11.4 Å². The van der Waals surface area contributed by atoms with Crippen molar-refractivity contribution in [3.8, 4) is 0 Å². The van der Waals surface area contributed by atoms with E-state index in [0.717, 1.165) is 22.4 Å². The lowest BCUT2D eigenvalue weighted by atomic mass is 9.97. The molecule has 1 aliphatic rings. The average molecular weight is 470 g/mol. The summed E-state index contributed by atoms with van der Waals surface area (Å²) in [6.45, 7) is 1.99.